The van der Waals surface area contributed by atoms with Gasteiger partial charge >= 0.3 is 0 Å². The lowest BCUT2D eigenvalue weighted by atomic mass is 9.68. The molecule has 2 aromatic carbocycles. The molecule has 0 radical (unpaired) electrons. The normalized spacial score (nSPS) is 13.1. The molecule has 0 spiro atoms. The lowest BCUT2D eigenvalue weighted by Gasteiger charge is -2.35. The van der Waals surface area contributed by atoms with Crippen LogP contribution >= 0.6 is 15.9 Å². The van der Waals surface area contributed by atoms with Gasteiger partial charge in [0, 0.05) is 0 Å². The van der Waals surface area contributed by atoms with Crippen LogP contribution in [0.1, 0.15) is 24.5 Å². The Hall–Kier alpha value is -1.45. The molecule has 23 heavy (non-hydrogen) atoms. The standard InChI is InChI=1S/C20H24BrNO/c1-16(21)19(23)20(14-15-22(2)3,17-10-6-4-7-11-17)18-12-8-5-9-13-18/h4-13,16H,14-15H2,1-3H3/t16-/m0/s1. The first kappa shape index (κ1) is 17.9. The van der Waals surface area contributed by atoms with Crippen LogP contribution in [0, 0.1) is 0 Å². The highest BCUT2D eigenvalue weighted by molar-refractivity contribution is 9.10. The lowest BCUT2D eigenvalue weighted by molar-refractivity contribution is -0.122. The minimum atomic E-state index is -0.629. The van der Waals surface area contributed by atoms with Crippen molar-refractivity contribution in [3.63, 3.8) is 0 Å². The van der Waals surface area contributed by atoms with E-state index in [2.05, 4.69) is 45.1 Å². The summed E-state index contributed by atoms with van der Waals surface area (Å²) in [6, 6.07) is 20.3. The van der Waals surface area contributed by atoms with Gasteiger partial charge in [0.05, 0.1) is 10.2 Å². The average Bonchev–Trinajstić information content (AvgIpc) is 2.57. The number of carbonyl (C=O) groups excluding carboxylic acids is 1. The number of rotatable bonds is 7. The smallest absolute Gasteiger partial charge is 0.161 e. The number of benzene rings is 2. The Morgan fingerprint density at radius 2 is 1.43 bits per heavy atom. The van der Waals surface area contributed by atoms with Crippen molar-refractivity contribution in [1.29, 1.82) is 0 Å². The summed E-state index contributed by atoms with van der Waals surface area (Å²) in [7, 11) is 4.09. The molecule has 0 bridgehead atoms. The minimum absolute atomic E-state index is 0.204. The molecule has 1 atom stereocenters. The highest BCUT2D eigenvalue weighted by atomic mass is 79.9. The summed E-state index contributed by atoms with van der Waals surface area (Å²) in [6.45, 7) is 2.76. The number of halogens is 1. The van der Waals surface area contributed by atoms with E-state index in [1.54, 1.807) is 0 Å². The zero-order valence-electron chi connectivity index (χ0n) is 14.0. The van der Waals surface area contributed by atoms with E-state index in [0.717, 1.165) is 24.1 Å². The van der Waals surface area contributed by atoms with Crippen LogP contribution in [0.25, 0.3) is 0 Å². The predicted octanol–water partition coefficient (Wildman–Crippen LogP) is 4.28. The minimum Gasteiger partial charge on any atom is -0.309 e. The van der Waals surface area contributed by atoms with Crippen molar-refractivity contribution in [3.8, 4) is 0 Å². The molecule has 0 amide bonds. The molecule has 0 fully saturated rings. The number of hydrogen-bond donors (Lipinski definition) is 0. The van der Waals surface area contributed by atoms with Gasteiger partial charge in [0.1, 0.15) is 0 Å². The van der Waals surface area contributed by atoms with Crippen molar-refractivity contribution in [3.05, 3.63) is 71.8 Å². The summed E-state index contributed by atoms with van der Waals surface area (Å²) in [4.78, 5) is 15.2. The number of carbonyl (C=O) groups is 1. The molecule has 0 saturated heterocycles. The van der Waals surface area contributed by atoms with Gasteiger partial charge in [0.15, 0.2) is 5.78 Å². The Morgan fingerprint density at radius 3 is 1.78 bits per heavy atom. The molecule has 0 aliphatic carbocycles. The number of Topliss-reactive ketones (excluding diaryl/α,β-unsaturated/α-hetero) is 1. The zero-order chi connectivity index (χ0) is 16.9. The van der Waals surface area contributed by atoms with Crippen LogP contribution in [-0.4, -0.2) is 36.2 Å². The summed E-state index contributed by atoms with van der Waals surface area (Å²) < 4.78 is 0. The second-order valence-corrected chi connectivity index (χ2v) is 7.54. The Kier molecular flexibility index (Phi) is 6.14. The summed E-state index contributed by atoms with van der Waals surface area (Å²) in [5.41, 5.74) is 1.49. The zero-order valence-corrected chi connectivity index (χ0v) is 15.6. The molecule has 0 aromatic heterocycles. The quantitative estimate of drug-likeness (QED) is 0.675. The number of hydrogen-bond acceptors (Lipinski definition) is 2. The first-order valence-corrected chi connectivity index (χ1v) is 8.84. The third-order valence-corrected chi connectivity index (χ3v) is 4.66. The molecule has 3 heteroatoms. The van der Waals surface area contributed by atoms with Gasteiger partial charge in [0.25, 0.3) is 0 Å². The Labute approximate surface area is 147 Å². The number of nitrogens with zero attached hydrogens (tertiary/aromatic N) is 1. The van der Waals surface area contributed by atoms with Gasteiger partial charge in [-0.25, -0.2) is 0 Å². The van der Waals surface area contributed by atoms with E-state index in [1.165, 1.54) is 0 Å². The van der Waals surface area contributed by atoms with Crippen LogP contribution in [-0.2, 0) is 10.2 Å². The lowest BCUT2D eigenvalue weighted by Crippen LogP contribution is -2.43. The summed E-state index contributed by atoms with van der Waals surface area (Å²) in [5.74, 6) is 0.205. The third kappa shape index (κ3) is 3.91. The van der Waals surface area contributed by atoms with Gasteiger partial charge in [-0.1, -0.05) is 76.6 Å². The van der Waals surface area contributed by atoms with E-state index >= 15 is 0 Å². The molecule has 122 valence electrons. The van der Waals surface area contributed by atoms with Crippen molar-refractivity contribution in [2.24, 2.45) is 0 Å². The first-order chi connectivity index (χ1) is 11.0. The van der Waals surface area contributed by atoms with Crippen LogP contribution in [0.3, 0.4) is 0 Å². The molecule has 0 heterocycles. The van der Waals surface area contributed by atoms with E-state index in [9.17, 15) is 4.79 Å². The molecule has 0 N–H and O–H groups in total. The maximum Gasteiger partial charge on any atom is 0.161 e. The molecule has 0 aliphatic heterocycles. The van der Waals surface area contributed by atoms with Crippen LogP contribution in [0.4, 0.5) is 0 Å². The topological polar surface area (TPSA) is 20.3 Å². The van der Waals surface area contributed by atoms with E-state index in [-0.39, 0.29) is 10.6 Å². The van der Waals surface area contributed by atoms with Crippen LogP contribution in [0.5, 0.6) is 0 Å². The monoisotopic (exact) mass is 373 g/mol. The van der Waals surface area contributed by atoms with Gasteiger partial charge in [-0.15, -0.1) is 0 Å². The van der Waals surface area contributed by atoms with E-state index in [1.807, 2.05) is 57.4 Å². The third-order valence-electron chi connectivity index (χ3n) is 4.25. The largest absolute Gasteiger partial charge is 0.309 e. The summed E-state index contributed by atoms with van der Waals surface area (Å²) in [5, 5.41) is 0. The van der Waals surface area contributed by atoms with Crippen molar-refractivity contribution in [2.45, 2.75) is 23.6 Å². The molecule has 2 nitrogen and oxygen atoms in total. The first-order valence-electron chi connectivity index (χ1n) is 7.92. The van der Waals surface area contributed by atoms with Gasteiger partial charge < -0.3 is 4.90 Å². The van der Waals surface area contributed by atoms with Crippen molar-refractivity contribution < 1.29 is 4.79 Å². The number of ketones is 1. The molecular formula is C20H24BrNO. The maximum absolute atomic E-state index is 13.3. The second kappa shape index (κ2) is 7.89. The van der Waals surface area contributed by atoms with Gasteiger partial charge in [-0.3, -0.25) is 4.79 Å². The van der Waals surface area contributed by atoms with Crippen molar-refractivity contribution in [2.75, 3.05) is 20.6 Å². The van der Waals surface area contributed by atoms with Crippen LogP contribution in [0.2, 0.25) is 0 Å². The molecule has 2 aromatic rings. The highest BCUT2D eigenvalue weighted by Gasteiger charge is 2.42. The van der Waals surface area contributed by atoms with E-state index < -0.39 is 5.41 Å². The second-order valence-electron chi connectivity index (χ2n) is 6.17. The van der Waals surface area contributed by atoms with Crippen molar-refractivity contribution >= 4 is 21.7 Å². The summed E-state index contributed by atoms with van der Waals surface area (Å²) >= 11 is 3.51. The van der Waals surface area contributed by atoms with E-state index in [4.69, 9.17) is 0 Å². The molecule has 2 rings (SSSR count). The van der Waals surface area contributed by atoms with Crippen LogP contribution < -0.4 is 0 Å². The van der Waals surface area contributed by atoms with Gasteiger partial charge in [-0.05, 0) is 45.1 Å². The average molecular weight is 374 g/mol. The fourth-order valence-electron chi connectivity index (χ4n) is 3.04. The molecular weight excluding hydrogens is 350 g/mol. The maximum atomic E-state index is 13.3. The highest BCUT2D eigenvalue weighted by Crippen LogP contribution is 2.39. The fraction of sp³-hybridized carbons (Fsp3) is 0.350. The molecule has 0 aliphatic rings. The van der Waals surface area contributed by atoms with E-state index in [0.29, 0.717) is 0 Å². The van der Waals surface area contributed by atoms with Crippen LogP contribution in [0.15, 0.2) is 60.7 Å². The molecule has 0 saturated carbocycles. The Morgan fingerprint density at radius 1 is 1.00 bits per heavy atom. The fourth-order valence-corrected chi connectivity index (χ4v) is 3.43. The van der Waals surface area contributed by atoms with Crippen molar-refractivity contribution in [1.82, 2.24) is 4.90 Å². The molecule has 0 unspecified atom stereocenters. The van der Waals surface area contributed by atoms with Gasteiger partial charge in [0.2, 0.25) is 0 Å². The number of alkyl halides is 1. The Balaban J connectivity index is 2.65. The van der Waals surface area contributed by atoms with Gasteiger partial charge in [-0.2, -0.15) is 0 Å². The predicted molar refractivity (Wildman–Crippen MR) is 100 cm³/mol. The Bertz CT molecular complexity index is 583. The SMILES string of the molecule is C[C@H](Br)C(=O)C(CCN(C)C)(c1ccccc1)c1ccccc1. The summed E-state index contributed by atoms with van der Waals surface area (Å²) in [6.07, 6.45) is 0.753.